The van der Waals surface area contributed by atoms with Crippen LogP contribution in [0.3, 0.4) is 0 Å². The molecule has 0 aliphatic carbocycles. The van der Waals surface area contributed by atoms with Crippen molar-refractivity contribution in [3.8, 4) is 5.75 Å². The Morgan fingerprint density at radius 1 is 1.17 bits per heavy atom. The molecule has 7 heteroatoms. The van der Waals surface area contributed by atoms with Gasteiger partial charge in [0, 0.05) is 25.2 Å². The summed E-state index contributed by atoms with van der Waals surface area (Å²) >= 11 is 7.69. The van der Waals surface area contributed by atoms with Crippen molar-refractivity contribution >= 4 is 23.4 Å². The van der Waals surface area contributed by atoms with Crippen LogP contribution in [-0.4, -0.2) is 19.7 Å². The van der Waals surface area contributed by atoms with Crippen LogP contribution in [0.15, 0.2) is 53.9 Å². The Bertz CT molecular complexity index is 779. The van der Waals surface area contributed by atoms with E-state index in [1.54, 1.807) is 24.0 Å². The number of nitrogens with zero attached hydrogens (tertiary/aromatic N) is 4. The Balaban J connectivity index is 1.62. The number of benzene rings is 1. The van der Waals surface area contributed by atoms with E-state index in [1.807, 2.05) is 48.1 Å². The van der Waals surface area contributed by atoms with Gasteiger partial charge in [0.15, 0.2) is 11.0 Å². The largest absolute Gasteiger partial charge is 0.484 e. The highest BCUT2D eigenvalue weighted by atomic mass is 35.5. The van der Waals surface area contributed by atoms with Crippen molar-refractivity contribution in [2.24, 2.45) is 7.05 Å². The predicted octanol–water partition coefficient (Wildman–Crippen LogP) is 3.73. The first kappa shape index (κ1) is 15.8. The molecule has 118 valence electrons. The van der Waals surface area contributed by atoms with E-state index in [2.05, 4.69) is 15.2 Å². The van der Waals surface area contributed by atoms with Gasteiger partial charge in [-0.15, -0.1) is 10.2 Å². The van der Waals surface area contributed by atoms with Crippen LogP contribution in [0.25, 0.3) is 0 Å². The molecule has 2 aromatic heterocycles. The third-order valence-electron chi connectivity index (χ3n) is 3.21. The minimum absolute atomic E-state index is 0.320. The molecule has 0 saturated carbocycles. The lowest BCUT2D eigenvalue weighted by Crippen LogP contribution is -2.04. The quantitative estimate of drug-likeness (QED) is 0.636. The molecule has 0 atom stereocenters. The summed E-state index contributed by atoms with van der Waals surface area (Å²) < 4.78 is 7.63. The lowest BCUT2D eigenvalue weighted by Gasteiger charge is -2.07. The predicted molar refractivity (Wildman–Crippen MR) is 90.6 cm³/mol. The minimum atomic E-state index is 0.320. The lowest BCUT2D eigenvalue weighted by atomic mass is 10.3. The Kier molecular flexibility index (Phi) is 5.15. The maximum atomic E-state index is 6.08. The van der Waals surface area contributed by atoms with Crippen LogP contribution in [0.2, 0.25) is 5.02 Å². The van der Waals surface area contributed by atoms with E-state index < -0.39 is 0 Å². The van der Waals surface area contributed by atoms with Crippen molar-refractivity contribution in [3.63, 3.8) is 0 Å². The second-order valence-electron chi connectivity index (χ2n) is 4.83. The Hall–Kier alpha value is -2.05. The number of pyridine rings is 1. The number of rotatable bonds is 6. The van der Waals surface area contributed by atoms with Crippen LogP contribution in [0.4, 0.5) is 0 Å². The van der Waals surface area contributed by atoms with E-state index in [-0.39, 0.29) is 0 Å². The molecule has 0 spiro atoms. The molecule has 0 aliphatic heterocycles. The number of para-hydroxylation sites is 1. The maximum absolute atomic E-state index is 6.08. The molecule has 0 radical (unpaired) electrons. The average Bonchev–Trinajstić information content (AvgIpc) is 2.93. The first-order valence-corrected chi connectivity index (χ1v) is 8.37. The monoisotopic (exact) mass is 346 g/mol. The van der Waals surface area contributed by atoms with E-state index in [9.17, 15) is 0 Å². The van der Waals surface area contributed by atoms with Crippen molar-refractivity contribution in [1.82, 2.24) is 19.7 Å². The summed E-state index contributed by atoms with van der Waals surface area (Å²) in [7, 11) is 1.93. The highest BCUT2D eigenvalue weighted by molar-refractivity contribution is 7.98. The van der Waals surface area contributed by atoms with Gasteiger partial charge in [0.05, 0.1) is 5.02 Å². The average molecular weight is 347 g/mol. The van der Waals surface area contributed by atoms with Crippen molar-refractivity contribution in [2.45, 2.75) is 17.5 Å². The molecule has 0 saturated heterocycles. The first-order valence-electron chi connectivity index (χ1n) is 7.01. The summed E-state index contributed by atoms with van der Waals surface area (Å²) in [5, 5.41) is 9.81. The van der Waals surface area contributed by atoms with Crippen molar-refractivity contribution < 1.29 is 4.74 Å². The molecule has 23 heavy (non-hydrogen) atoms. The van der Waals surface area contributed by atoms with Gasteiger partial charge in [-0.1, -0.05) is 41.6 Å². The van der Waals surface area contributed by atoms with E-state index in [1.165, 1.54) is 0 Å². The molecule has 0 aliphatic rings. The van der Waals surface area contributed by atoms with Gasteiger partial charge in [0.1, 0.15) is 12.4 Å². The smallest absolute Gasteiger partial charge is 0.191 e. The Labute approximate surface area is 143 Å². The molecular weight excluding hydrogens is 332 g/mol. The molecule has 2 heterocycles. The van der Waals surface area contributed by atoms with Crippen molar-refractivity contribution in [3.05, 3.63) is 65.2 Å². The Morgan fingerprint density at radius 2 is 2.04 bits per heavy atom. The van der Waals surface area contributed by atoms with Crippen LogP contribution < -0.4 is 4.74 Å². The zero-order valence-electron chi connectivity index (χ0n) is 12.5. The minimum Gasteiger partial charge on any atom is -0.484 e. The standard InChI is InChI=1S/C16H15ClN4OS/c1-21-15(10-22-14-7-3-2-6-13(14)17)19-20-16(21)23-11-12-5-4-8-18-9-12/h2-9H,10-11H2,1H3. The first-order chi connectivity index (χ1) is 11.2. The van der Waals surface area contributed by atoms with E-state index >= 15 is 0 Å². The summed E-state index contributed by atoms with van der Waals surface area (Å²) in [6, 6.07) is 11.3. The molecule has 0 bridgehead atoms. The van der Waals surface area contributed by atoms with Gasteiger partial charge >= 0.3 is 0 Å². The number of hydrogen-bond acceptors (Lipinski definition) is 5. The lowest BCUT2D eigenvalue weighted by molar-refractivity contribution is 0.290. The molecule has 0 N–H and O–H groups in total. The number of thioether (sulfide) groups is 1. The summed E-state index contributed by atoms with van der Waals surface area (Å²) in [6.45, 7) is 0.320. The van der Waals surface area contributed by atoms with Crippen LogP contribution in [0.1, 0.15) is 11.4 Å². The van der Waals surface area contributed by atoms with E-state index in [0.29, 0.717) is 17.4 Å². The van der Waals surface area contributed by atoms with Gasteiger partial charge in [0.25, 0.3) is 0 Å². The third kappa shape index (κ3) is 4.03. The third-order valence-corrected chi connectivity index (χ3v) is 4.61. The second-order valence-corrected chi connectivity index (χ2v) is 6.18. The van der Waals surface area contributed by atoms with Gasteiger partial charge in [-0.05, 0) is 23.8 Å². The molecule has 3 aromatic rings. The van der Waals surface area contributed by atoms with Crippen LogP contribution in [0, 0.1) is 0 Å². The van der Waals surface area contributed by atoms with Gasteiger partial charge < -0.3 is 9.30 Å². The molecule has 1 aromatic carbocycles. The Morgan fingerprint density at radius 3 is 2.83 bits per heavy atom. The molecule has 0 fully saturated rings. The summed E-state index contributed by atoms with van der Waals surface area (Å²) in [6.07, 6.45) is 3.62. The van der Waals surface area contributed by atoms with Crippen molar-refractivity contribution in [1.29, 1.82) is 0 Å². The van der Waals surface area contributed by atoms with E-state index in [4.69, 9.17) is 16.3 Å². The summed E-state index contributed by atoms with van der Waals surface area (Å²) in [4.78, 5) is 4.11. The molecule has 0 unspecified atom stereocenters. The summed E-state index contributed by atoms with van der Waals surface area (Å²) in [5.41, 5.74) is 1.15. The fraction of sp³-hybridized carbons (Fsp3) is 0.188. The van der Waals surface area contributed by atoms with Gasteiger partial charge in [0.2, 0.25) is 0 Å². The topological polar surface area (TPSA) is 52.8 Å². The second kappa shape index (κ2) is 7.48. The fourth-order valence-electron chi connectivity index (χ4n) is 1.93. The summed E-state index contributed by atoms with van der Waals surface area (Å²) in [5.74, 6) is 2.19. The highest BCUT2D eigenvalue weighted by Gasteiger charge is 2.11. The zero-order valence-corrected chi connectivity index (χ0v) is 14.1. The number of aromatic nitrogens is 4. The molecule has 3 rings (SSSR count). The maximum Gasteiger partial charge on any atom is 0.191 e. The van der Waals surface area contributed by atoms with E-state index in [0.717, 1.165) is 22.3 Å². The van der Waals surface area contributed by atoms with Crippen LogP contribution in [-0.2, 0) is 19.4 Å². The van der Waals surface area contributed by atoms with Crippen LogP contribution in [0.5, 0.6) is 5.75 Å². The van der Waals surface area contributed by atoms with Gasteiger partial charge in [-0.25, -0.2) is 0 Å². The highest BCUT2D eigenvalue weighted by Crippen LogP contribution is 2.25. The normalized spacial score (nSPS) is 10.7. The van der Waals surface area contributed by atoms with Gasteiger partial charge in [-0.3, -0.25) is 4.98 Å². The zero-order chi connectivity index (χ0) is 16.1. The van der Waals surface area contributed by atoms with Crippen molar-refractivity contribution in [2.75, 3.05) is 0 Å². The number of ether oxygens (including phenoxy) is 1. The number of halogens is 1. The molecular formula is C16H15ClN4OS. The molecule has 5 nitrogen and oxygen atoms in total. The van der Waals surface area contributed by atoms with Gasteiger partial charge in [-0.2, -0.15) is 0 Å². The van der Waals surface area contributed by atoms with Crippen LogP contribution >= 0.6 is 23.4 Å². The number of hydrogen-bond donors (Lipinski definition) is 0. The molecule has 0 amide bonds. The SMILES string of the molecule is Cn1c(COc2ccccc2Cl)nnc1SCc1cccnc1. The fourth-order valence-corrected chi connectivity index (χ4v) is 2.99.